The molecule has 0 heterocycles. The van der Waals surface area contributed by atoms with Gasteiger partial charge >= 0.3 is 0 Å². The highest BCUT2D eigenvalue weighted by Crippen LogP contribution is 1.88. The van der Waals surface area contributed by atoms with Gasteiger partial charge < -0.3 is 5.32 Å². The molecule has 0 aromatic rings. The van der Waals surface area contributed by atoms with E-state index >= 15 is 0 Å². The number of nitrogens with zero attached hydrogens (tertiary/aromatic N) is 2. The van der Waals surface area contributed by atoms with Gasteiger partial charge in [0.15, 0.2) is 0 Å². The van der Waals surface area contributed by atoms with Crippen LogP contribution in [0.5, 0.6) is 0 Å². The van der Waals surface area contributed by atoms with E-state index in [9.17, 15) is 4.79 Å². The van der Waals surface area contributed by atoms with Crippen LogP contribution in [0.2, 0.25) is 0 Å². The quantitative estimate of drug-likeness (QED) is 0.539. The minimum atomic E-state index is -0.0397. The highest BCUT2D eigenvalue weighted by atomic mass is 16.1. The van der Waals surface area contributed by atoms with Crippen LogP contribution >= 0.6 is 0 Å². The highest BCUT2D eigenvalue weighted by Gasteiger charge is 1.94. The molecule has 0 saturated heterocycles. The van der Waals surface area contributed by atoms with Crippen molar-refractivity contribution >= 4 is 18.3 Å². The molecule has 1 amide bonds. The summed E-state index contributed by atoms with van der Waals surface area (Å²) in [6, 6.07) is 0. The first-order valence-corrected chi connectivity index (χ1v) is 5.70. The summed E-state index contributed by atoms with van der Waals surface area (Å²) in [5, 5.41) is 2.76. The van der Waals surface area contributed by atoms with Gasteiger partial charge in [0.05, 0.1) is 6.54 Å². The zero-order chi connectivity index (χ0) is 13.6. The number of allylic oxidation sites excluding steroid dienone is 1. The summed E-state index contributed by atoms with van der Waals surface area (Å²) in [5.74, 6) is 2.38. The number of carbonyl (C=O) groups excluding carboxylic acids is 1. The molecular formula is C14H19N3O. The molecule has 0 bridgehead atoms. The Bertz CT molecular complexity index is 398. The molecule has 0 radical (unpaired) electrons. The molecule has 4 heteroatoms. The van der Waals surface area contributed by atoms with Crippen LogP contribution in [-0.4, -0.2) is 31.4 Å². The second kappa shape index (κ2) is 11.3. The molecule has 0 saturated carbocycles. The summed E-state index contributed by atoms with van der Waals surface area (Å²) >= 11 is 0. The molecule has 96 valence electrons. The van der Waals surface area contributed by atoms with Gasteiger partial charge in [-0.1, -0.05) is 18.1 Å². The van der Waals surface area contributed by atoms with Crippen molar-refractivity contribution in [3.05, 3.63) is 23.9 Å². The lowest BCUT2D eigenvalue weighted by Crippen LogP contribution is -2.22. The minimum Gasteiger partial charge on any atom is -0.352 e. The fourth-order valence-corrected chi connectivity index (χ4v) is 1.000. The predicted molar refractivity (Wildman–Crippen MR) is 76.9 cm³/mol. The number of aliphatic imine (C=N–C) groups is 2. The maximum atomic E-state index is 11.3. The predicted octanol–water partition coefficient (Wildman–Crippen LogP) is 1.75. The van der Waals surface area contributed by atoms with Gasteiger partial charge in [-0.05, 0) is 19.4 Å². The van der Waals surface area contributed by atoms with E-state index in [0.29, 0.717) is 19.5 Å². The second-order valence-corrected chi connectivity index (χ2v) is 3.42. The van der Waals surface area contributed by atoms with Crippen LogP contribution in [0.15, 0.2) is 33.9 Å². The van der Waals surface area contributed by atoms with Crippen molar-refractivity contribution in [3.63, 3.8) is 0 Å². The number of hydrogen-bond acceptors (Lipinski definition) is 3. The number of rotatable bonds is 7. The average Bonchev–Trinajstić information content (AvgIpc) is 2.35. The number of nitrogens with one attached hydrogen (secondary N) is 1. The molecule has 0 spiro atoms. The van der Waals surface area contributed by atoms with Crippen molar-refractivity contribution in [2.45, 2.75) is 20.3 Å². The van der Waals surface area contributed by atoms with E-state index in [0.717, 1.165) is 5.57 Å². The molecule has 18 heavy (non-hydrogen) atoms. The monoisotopic (exact) mass is 245 g/mol. The Morgan fingerprint density at radius 1 is 1.50 bits per heavy atom. The molecule has 0 aromatic carbocycles. The number of carbonyl (C=O) groups is 1. The fourth-order valence-electron chi connectivity index (χ4n) is 1.000. The summed E-state index contributed by atoms with van der Waals surface area (Å²) in [5.41, 5.74) is 0.969. The van der Waals surface area contributed by atoms with Gasteiger partial charge in [0.2, 0.25) is 5.91 Å². The second-order valence-electron chi connectivity index (χ2n) is 3.42. The summed E-state index contributed by atoms with van der Waals surface area (Å²) in [6.45, 7) is 4.58. The molecule has 0 fully saturated rings. The Morgan fingerprint density at radius 3 is 2.94 bits per heavy atom. The smallest absolute Gasteiger partial charge is 0.224 e. The average molecular weight is 245 g/mol. The van der Waals surface area contributed by atoms with Crippen LogP contribution < -0.4 is 5.32 Å². The largest absolute Gasteiger partial charge is 0.352 e. The zero-order valence-electron chi connectivity index (χ0n) is 10.9. The molecule has 0 rings (SSSR count). The Labute approximate surface area is 109 Å². The van der Waals surface area contributed by atoms with Gasteiger partial charge in [-0.25, -0.2) is 0 Å². The van der Waals surface area contributed by atoms with Crippen LogP contribution in [0, 0.1) is 12.3 Å². The van der Waals surface area contributed by atoms with E-state index in [-0.39, 0.29) is 5.91 Å². The van der Waals surface area contributed by atoms with Crippen molar-refractivity contribution in [2.24, 2.45) is 9.98 Å². The van der Waals surface area contributed by atoms with Crippen LogP contribution in [0.1, 0.15) is 20.3 Å². The Morgan fingerprint density at radius 2 is 2.28 bits per heavy atom. The summed E-state index contributed by atoms with van der Waals surface area (Å²) in [7, 11) is 0. The first-order chi connectivity index (χ1) is 8.70. The van der Waals surface area contributed by atoms with Crippen LogP contribution in [-0.2, 0) is 4.79 Å². The molecular weight excluding hydrogens is 226 g/mol. The van der Waals surface area contributed by atoms with E-state index in [4.69, 9.17) is 6.42 Å². The number of amides is 1. The van der Waals surface area contributed by atoms with Gasteiger partial charge in [0.1, 0.15) is 0 Å². The molecule has 0 aliphatic carbocycles. The van der Waals surface area contributed by atoms with Gasteiger partial charge in [-0.3, -0.25) is 14.8 Å². The Balaban J connectivity index is 3.86. The van der Waals surface area contributed by atoms with Gasteiger partial charge in [0.25, 0.3) is 0 Å². The van der Waals surface area contributed by atoms with Crippen LogP contribution in [0.4, 0.5) is 0 Å². The lowest BCUT2D eigenvalue weighted by Gasteiger charge is -1.99. The van der Waals surface area contributed by atoms with Crippen LogP contribution in [0.3, 0.4) is 0 Å². The molecule has 0 aromatic heterocycles. The molecule has 0 aliphatic rings. The van der Waals surface area contributed by atoms with Crippen molar-refractivity contribution in [3.8, 4) is 12.3 Å². The standard InChI is InChI=1S/C14H19N3O/c1-4-9-16-12-13(3)8-11-17-14(18)7-6-10-15-5-2/h1,5-6,8,10,12H,7,9,11H2,2-3H3,(H,17,18)/b10-6-,13-8-,15-5?,16-12?. The van der Waals surface area contributed by atoms with Crippen molar-refractivity contribution in [1.29, 1.82) is 0 Å². The van der Waals surface area contributed by atoms with Gasteiger partial charge in [-0.2, -0.15) is 0 Å². The molecule has 0 atom stereocenters. The molecule has 4 nitrogen and oxygen atoms in total. The minimum absolute atomic E-state index is 0.0397. The Kier molecular flexibility index (Phi) is 9.98. The Hall–Kier alpha value is -2.15. The van der Waals surface area contributed by atoms with Crippen molar-refractivity contribution in [2.75, 3.05) is 13.1 Å². The summed E-state index contributed by atoms with van der Waals surface area (Å²) in [6.07, 6.45) is 13.9. The SMILES string of the molecule is C#CCN=C/C(C)=C\CNC(=O)C/C=C\N=CC. The molecule has 0 aliphatic heterocycles. The van der Waals surface area contributed by atoms with E-state index < -0.39 is 0 Å². The summed E-state index contributed by atoms with van der Waals surface area (Å²) in [4.78, 5) is 19.2. The summed E-state index contributed by atoms with van der Waals surface area (Å²) < 4.78 is 0. The fraction of sp³-hybridized carbons (Fsp3) is 0.357. The van der Waals surface area contributed by atoms with Crippen molar-refractivity contribution in [1.82, 2.24) is 5.32 Å². The number of terminal acetylenes is 1. The normalized spacial score (nSPS) is 12.4. The third-order valence-corrected chi connectivity index (χ3v) is 1.84. The lowest BCUT2D eigenvalue weighted by molar-refractivity contribution is -0.120. The van der Waals surface area contributed by atoms with E-state index in [1.807, 2.05) is 19.9 Å². The third-order valence-electron chi connectivity index (χ3n) is 1.84. The zero-order valence-corrected chi connectivity index (χ0v) is 10.9. The van der Waals surface area contributed by atoms with E-state index in [1.54, 1.807) is 24.7 Å². The first-order valence-electron chi connectivity index (χ1n) is 5.70. The topological polar surface area (TPSA) is 53.8 Å². The first kappa shape index (κ1) is 15.9. The van der Waals surface area contributed by atoms with Crippen LogP contribution in [0.25, 0.3) is 0 Å². The van der Waals surface area contributed by atoms with Gasteiger partial charge in [0, 0.05) is 31.6 Å². The molecule has 0 unspecified atom stereocenters. The molecule has 1 N–H and O–H groups in total. The van der Waals surface area contributed by atoms with E-state index in [2.05, 4.69) is 21.2 Å². The van der Waals surface area contributed by atoms with Crippen molar-refractivity contribution < 1.29 is 4.79 Å². The number of hydrogen-bond donors (Lipinski definition) is 1. The van der Waals surface area contributed by atoms with Gasteiger partial charge in [-0.15, -0.1) is 6.42 Å². The maximum Gasteiger partial charge on any atom is 0.224 e. The lowest BCUT2D eigenvalue weighted by atomic mass is 10.3. The highest BCUT2D eigenvalue weighted by molar-refractivity contribution is 5.79. The third kappa shape index (κ3) is 10.4. The van der Waals surface area contributed by atoms with E-state index in [1.165, 1.54) is 0 Å². The maximum absolute atomic E-state index is 11.3.